The first kappa shape index (κ1) is 15.1. The van der Waals surface area contributed by atoms with E-state index in [1.807, 2.05) is 26.0 Å². The van der Waals surface area contributed by atoms with Crippen molar-refractivity contribution in [2.24, 2.45) is 0 Å². The molecule has 0 aromatic heterocycles. The highest BCUT2D eigenvalue weighted by Crippen LogP contribution is 2.33. The summed E-state index contributed by atoms with van der Waals surface area (Å²) in [5, 5.41) is 0. The van der Waals surface area contributed by atoms with Gasteiger partial charge in [0.1, 0.15) is 5.75 Å². The first-order valence-electron chi connectivity index (χ1n) is 7.10. The summed E-state index contributed by atoms with van der Waals surface area (Å²) < 4.78 is 5.68. The van der Waals surface area contributed by atoms with Crippen molar-refractivity contribution in [3.05, 3.63) is 65.2 Å². The molecule has 0 aliphatic heterocycles. The van der Waals surface area contributed by atoms with Gasteiger partial charge in [0.2, 0.25) is 0 Å². The molecule has 0 N–H and O–H groups in total. The van der Waals surface area contributed by atoms with E-state index in [0.29, 0.717) is 0 Å². The Labute approximate surface area is 130 Å². The highest BCUT2D eigenvalue weighted by molar-refractivity contribution is 9.09. The van der Waals surface area contributed by atoms with Gasteiger partial charge in [0.25, 0.3) is 0 Å². The molecule has 2 heteroatoms. The van der Waals surface area contributed by atoms with Gasteiger partial charge in [0, 0.05) is 0 Å². The predicted molar refractivity (Wildman–Crippen MR) is 88.8 cm³/mol. The van der Waals surface area contributed by atoms with E-state index in [0.717, 1.165) is 12.2 Å². The average molecular weight is 333 g/mol. The van der Waals surface area contributed by atoms with Crippen LogP contribution in [0.25, 0.3) is 0 Å². The second-order valence-electron chi connectivity index (χ2n) is 5.15. The number of hydrogen-bond acceptors (Lipinski definition) is 1. The minimum absolute atomic E-state index is 0.210. The van der Waals surface area contributed by atoms with E-state index in [2.05, 4.69) is 59.3 Å². The molecule has 2 aromatic carbocycles. The molecular formula is C18H21BrO. The second kappa shape index (κ2) is 6.94. The zero-order valence-electron chi connectivity index (χ0n) is 12.3. The molecule has 0 radical (unpaired) electrons. The number of halogens is 1. The fourth-order valence-corrected chi connectivity index (χ4v) is 3.02. The molecule has 2 rings (SSSR count). The number of rotatable bonds is 5. The molecule has 0 bridgehead atoms. The van der Waals surface area contributed by atoms with E-state index < -0.39 is 0 Å². The van der Waals surface area contributed by atoms with Gasteiger partial charge in [-0.2, -0.15) is 0 Å². The Kier molecular flexibility index (Phi) is 5.24. The first-order chi connectivity index (χ1) is 9.61. The SMILES string of the molecule is CCc1ccccc1C(Br)c1ccc(OC(C)C)cc1. The Hall–Kier alpha value is -1.28. The van der Waals surface area contributed by atoms with Gasteiger partial charge in [-0.3, -0.25) is 0 Å². The summed E-state index contributed by atoms with van der Waals surface area (Å²) in [6.07, 6.45) is 1.26. The largest absolute Gasteiger partial charge is 0.491 e. The molecule has 0 heterocycles. The quantitative estimate of drug-likeness (QED) is 0.655. The van der Waals surface area contributed by atoms with E-state index in [9.17, 15) is 0 Å². The van der Waals surface area contributed by atoms with Crippen molar-refractivity contribution in [2.75, 3.05) is 0 Å². The van der Waals surface area contributed by atoms with Crippen molar-refractivity contribution in [1.82, 2.24) is 0 Å². The van der Waals surface area contributed by atoms with E-state index >= 15 is 0 Å². The standard InChI is InChI=1S/C18H21BrO/c1-4-14-7-5-6-8-17(14)18(19)15-9-11-16(12-10-15)20-13(2)3/h5-13,18H,4H2,1-3H3. The molecule has 0 spiro atoms. The molecule has 0 aliphatic rings. The molecule has 1 nitrogen and oxygen atoms in total. The zero-order valence-corrected chi connectivity index (χ0v) is 13.9. The molecular weight excluding hydrogens is 312 g/mol. The lowest BCUT2D eigenvalue weighted by atomic mass is 9.98. The normalized spacial score (nSPS) is 12.4. The van der Waals surface area contributed by atoms with Crippen molar-refractivity contribution >= 4 is 15.9 Å². The van der Waals surface area contributed by atoms with Crippen LogP contribution in [0, 0.1) is 0 Å². The van der Waals surface area contributed by atoms with E-state index in [1.54, 1.807) is 0 Å². The molecule has 1 atom stereocenters. The van der Waals surface area contributed by atoms with Crippen LogP contribution >= 0.6 is 15.9 Å². The maximum absolute atomic E-state index is 5.68. The Morgan fingerprint density at radius 3 is 2.25 bits per heavy atom. The summed E-state index contributed by atoms with van der Waals surface area (Å²) in [7, 11) is 0. The summed E-state index contributed by atoms with van der Waals surface area (Å²) in [5.74, 6) is 0.923. The lowest BCUT2D eigenvalue weighted by Crippen LogP contribution is -2.05. The van der Waals surface area contributed by atoms with Crippen molar-refractivity contribution in [3.8, 4) is 5.75 Å². The van der Waals surface area contributed by atoms with Gasteiger partial charge >= 0.3 is 0 Å². The van der Waals surface area contributed by atoms with Crippen molar-refractivity contribution in [3.63, 3.8) is 0 Å². The molecule has 20 heavy (non-hydrogen) atoms. The third kappa shape index (κ3) is 3.63. The number of benzene rings is 2. The maximum Gasteiger partial charge on any atom is 0.119 e. The van der Waals surface area contributed by atoms with Gasteiger partial charge in [0.15, 0.2) is 0 Å². The van der Waals surface area contributed by atoms with Gasteiger partial charge in [-0.1, -0.05) is 59.3 Å². The molecule has 0 amide bonds. The predicted octanol–water partition coefficient (Wildman–Crippen LogP) is 5.52. The summed E-state index contributed by atoms with van der Waals surface area (Å²) in [5.41, 5.74) is 3.98. The number of ether oxygens (including phenoxy) is 1. The van der Waals surface area contributed by atoms with Crippen molar-refractivity contribution in [2.45, 2.75) is 38.1 Å². The van der Waals surface area contributed by atoms with Crippen LogP contribution in [0.3, 0.4) is 0 Å². The Balaban J connectivity index is 2.22. The molecule has 0 saturated heterocycles. The van der Waals surface area contributed by atoms with Crippen LogP contribution < -0.4 is 4.74 Å². The zero-order chi connectivity index (χ0) is 14.5. The lowest BCUT2D eigenvalue weighted by Gasteiger charge is -2.16. The minimum atomic E-state index is 0.210. The highest BCUT2D eigenvalue weighted by Gasteiger charge is 2.13. The Morgan fingerprint density at radius 2 is 1.65 bits per heavy atom. The minimum Gasteiger partial charge on any atom is -0.491 e. The van der Waals surface area contributed by atoms with E-state index in [-0.39, 0.29) is 10.9 Å². The molecule has 2 aromatic rings. The fourth-order valence-electron chi connectivity index (χ4n) is 2.27. The Morgan fingerprint density at radius 1 is 1.00 bits per heavy atom. The second-order valence-corrected chi connectivity index (χ2v) is 6.07. The van der Waals surface area contributed by atoms with Crippen LogP contribution in [0.15, 0.2) is 48.5 Å². The van der Waals surface area contributed by atoms with Crippen LogP contribution in [0.5, 0.6) is 5.75 Å². The summed E-state index contributed by atoms with van der Waals surface area (Å²) in [4.78, 5) is 0.228. The van der Waals surface area contributed by atoms with Gasteiger partial charge in [-0.05, 0) is 49.1 Å². The van der Waals surface area contributed by atoms with Crippen LogP contribution in [0.1, 0.15) is 42.3 Å². The topological polar surface area (TPSA) is 9.23 Å². The highest BCUT2D eigenvalue weighted by atomic mass is 79.9. The monoisotopic (exact) mass is 332 g/mol. The Bertz CT molecular complexity index is 546. The van der Waals surface area contributed by atoms with Gasteiger partial charge in [-0.25, -0.2) is 0 Å². The smallest absolute Gasteiger partial charge is 0.119 e. The number of aryl methyl sites for hydroxylation is 1. The molecule has 106 valence electrons. The summed E-state index contributed by atoms with van der Waals surface area (Å²) >= 11 is 3.82. The summed E-state index contributed by atoms with van der Waals surface area (Å²) in [6.45, 7) is 6.27. The van der Waals surface area contributed by atoms with Gasteiger partial charge < -0.3 is 4.74 Å². The molecule has 0 aliphatic carbocycles. The van der Waals surface area contributed by atoms with Gasteiger partial charge in [0.05, 0.1) is 10.9 Å². The average Bonchev–Trinajstić information content (AvgIpc) is 2.46. The molecule has 0 saturated carbocycles. The summed E-state index contributed by atoms with van der Waals surface area (Å²) in [6, 6.07) is 16.9. The van der Waals surface area contributed by atoms with Crippen LogP contribution in [-0.4, -0.2) is 6.10 Å². The maximum atomic E-state index is 5.68. The molecule has 0 fully saturated rings. The first-order valence-corrected chi connectivity index (χ1v) is 8.02. The van der Waals surface area contributed by atoms with Crippen LogP contribution in [0.4, 0.5) is 0 Å². The third-order valence-electron chi connectivity index (χ3n) is 3.25. The van der Waals surface area contributed by atoms with Crippen LogP contribution in [0.2, 0.25) is 0 Å². The fraction of sp³-hybridized carbons (Fsp3) is 0.333. The van der Waals surface area contributed by atoms with Gasteiger partial charge in [-0.15, -0.1) is 0 Å². The third-order valence-corrected chi connectivity index (χ3v) is 4.28. The van der Waals surface area contributed by atoms with Crippen LogP contribution in [-0.2, 0) is 6.42 Å². The van der Waals surface area contributed by atoms with Crippen molar-refractivity contribution in [1.29, 1.82) is 0 Å². The molecule has 1 unspecified atom stereocenters. The van der Waals surface area contributed by atoms with E-state index in [1.165, 1.54) is 16.7 Å². The lowest BCUT2D eigenvalue weighted by molar-refractivity contribution is 0.242. The van der Waals surface area contributed by atoms with Crippen molar-refractivity contribution < 1.29 is 4.74 Å². The number of hydrogen-bond donors (Lipinski definition) is 0. The number of alkyl halides is 1. The van der Waals surface area contributed by atoms with E-state index in [4.69, 9.17) is 4.74 Å².